The van der Waals surface area contributed by atoms with Gasteiger partial charge in [0.05, 0.1) is 0 Å². The lowest BCUT2D eigenvalue weighted by Crippen LogP contribution is -2.27. The maximum atomic E-state index is 11.8. The molecule has 1 aromatic carbocycles. The van der Waals surface area contributed by atoms with Crippen molar-refractivity contribution < 1.29 is 9.53 Å². The molecule has 0 atom stereocenters. The molecule has 0 bridgehead atoms. The van der Waals surface area contributed by atoms with Crippen LogP contribution in [0.3, 0.4) is 0 Å². The van der Waals surface area contributed by atoms with Crippen LogP contribution in [-0.2, 0) is 10.2 Å². The standard InChI is InChI=1S/C16H25NO2/c1-11-8-9-12(15(2,3)4)10-13(11)17-14(18)19-16(5,6)7/h8-10H,1-7H3,(H,17,18). The molecule has 0 aliphatic heterocycles. The molecular weight excluding hydrogens is 238 g/mol. The van der Waals surface area contributed by atoms with Crippen LogP contribution in [0.4, 0.5) is 10.5 Å². The number of carbonyl (C=O) groups excluding carboxylic acids is 1. The first-order chi connectivity index (χ1) is 8.49. The van der Waals surface area contributed by atoms with Gasteiger partial charge in [-0.1, -0.05) is 32.9 Å². The van der Waals surface area contributed by atoms with E-state index in [4.69, 9.17) is 4.74 Å². The molecule has 3 heteroatoms. The molecule has 0 saturated heterocycles. The van der Waals surface area contributed by atoms with Crippen molar-refractivity contribution in [2.75, 3.05) is 5.32 Å². The van der Waals surface area contributed by atoms with Gasteiger partial charge in [0.2, 0.25) is 0 Å². The quantitative estimate of drug-likeness (QED) is 0.801. The Bertz CT molecular complexity index is 465. The van der Waals surface area contributed by atoms with Crippen LogP contribution in [-0.4, -0.2) is 11.7 Å². The third kappa shape index (κ3) is 4.93. The summed E-state index contributed by atoms with van der Waals surface area (Å²) >= 11 is 0. The highest BCUT2D eigenvalue weighted by atomic mass is 16.6. The Hall–Kier alpha value is -1.51. The number of carbonyl (C=O) groups is 1. The summed E-state index contributed by atoms with van der Waals surface area (Å²) < 4.78 is 5.27. The fraction of sp³-hybridized carbons (Fsp3) is 0.562. The average Bonchev–Trinajstić information content (AvgIpc) is 2.16. The number of amides is 1. The zero-order valence-corrected chi connectivity index (χ0v) is 13.0. The highest BCUT2D eigenvalue weighted by Gasteiger charge is 2.18. The molecule has 0 saturated carbocycles. The highest BCUT2D eigenvalue weighted by Crippen LogP contribution is 2.27. The first-order valence-corrected chi connectivity index (χ1v) is 6.60. The van der Waals surface area contributed by atoms with Gasteiger partial charge < -0.3 is 4.74 Å². The minimum atomic E-state index is -0.486. The summed E-state index contributed by atoms with van der Waals surface area (Å²) in [6.07, 6.45) is -0.415. The van der Waals surface area contributed by atoms with Crippen LogP contribution in [0.15, 0.2) is 18.2 Å². The Morgan fingerprint density at radius 2 is 1.68 bits per heavy atom. The highest BCUT2D eigenvalue weighted by molar-refractivity contribution is 5.86. The number of benzene rings is 1. The van der Waals surface area contributed by atoms with Crippen LogP contribution in [0, 0.1) is 6.92 Å². The minimum Gasteiger partial charge on any atom is -0.444 e. The van der Waals surface area contributed by atoms with E-state index in [0.717, 1.165) is 11.3 Å². The van der Waals surface area contributed by atoms with Gasteiger partial charge >= 0.3 is 6.09 Å². The Balaban J connectivity index is 2.92. The van der Waals surface area contributed by atoms with Crippen molar-refractivity contribution in [1.29, 1.82) is 0 Å². The lowest BCUT2D eigenvalue weighted by molar-refractivity contribution is 0.0636. The summed E-state index contributed by atoms with van der Waals surface area (Å²) in [5.41, 5.74) is 2.59. The summed E-state index contributed by atoms with van der Waals surface area (Å²) in [4.78, 5) is 11.8. The third-order valence-electron chi connectivity index (χ3n) is 2.74. The monoisotopic (exact) mass is 263 g/mol. The average molecular weight is 263 g/mol. The van der Waals surface area contributed by atoms with Crippen LogP contribution in [0.2, 0.25) is 0 Å². The largest absolute Gasteiger partial charge is 0.444 e. The van der Waals surface area contributed by atoms with Gasteiger partial charge in [0.1, 0.15) is 5.60 Å². The summed E-state index contributed by atoms with van der Waals surface area (Å²) in [7, 11) is 0. The van der Waals surface area contributed by atoms with Crippen molar-refractivity contribution >= 4 is 11.8 Å². The van der Waals surface area contributed by atoms with Gasteiger partial charge in [0.25, 0.3) is 0 Å². The first kappa shape index (κ1) is 15.5. The molecule has 0 spiro atoms. The Morgan fingerprint density at radius 3 is 2.16 bits per heavy atom. The predicted molar refractivity (Wildman–Crippen MR) is 79.7 cm³/mol. The summed E-state index contributed by atoms with van der Waals surface area (Å²) in [5, 5.41) is 2.82. The van der Waals surface area contributed by atoms with Crippen LogP contribution >= 0.6 is 0 Å². The molecule has 1 amide bonds. The lowest BCUT2D eigenvalue weighted by Gasteiger charge is -2.23. The van der Waals surface area contributed by atoms with E-state index in [2.05, 4.69) is 32.2 Å². The summed E-state index contributed by atoms with van der Waals surface area (Å²) in [6, 6.07) is 6.13. The second-order valence-corrected chi connectivity index (χ2v) is 6.91. The predicted octanol–water partition coefficient (Wildman–Crippen LogP) is 4.64. The number of ether oxygens (including phenoxy) is 1. The maximum absolute atomic E-state index is 11.8. The molecule has 1 rings (SSSR count). The van der Waals surface area contributed by atoms with E-state index in [1.165, 1.54) is 5.56 Å². The zero-order valence-electron chi connectivity index (χ0n) is 13.0. The minimum absolute atomic E-state index is 0.0536. The number of anilines is 1. The van der Waals surface area contributed by atoms with E-state index in [0.29, 0.717) is 0 Å². The van der Waals surface area contributed by atoms with Crippen molar-refractivity contribution in [3.05, 3.63) is 29.3 Å². The summed E-state index contributed by atoms with van der Waals surface area (Å²) in [5.74, 6) is 0. The van der Waals surface area contributed by atoms with Crippen LogP contribution < -0.4 is 5.32 Å². The van der Waals surface area contributed by atoms with Crippen molar-refractivity contribution in [2.45, 2.75) is 59.5 Å². The topological polar surface area (TPSA) is 38.3 Å². The number of aryl methyl sites for hydroxylation is 1. The van der Waals surface area contributed by atoms with Gasteiger partial charge in [-0.15, -0.1) is 0 Å². The number of nitrogens with one attached hydrogen (secondary N) is 1. The normalized spacial score (nSPS) is 12.2. The molecule has 0 aromatic heterocycles. The fourth-order valence-electron chi connectivity index (χ4n) is 1.64. The fourth-order valence-corrected chi connectivity index (χ4v) is 1.64. The first-order valence-electron chi connectivity index (χ1n) is 6.60. The number of hydrogen-bond acceptors (Lipinski definition) is 2. The Morgan fingerprint density at radius 1 is 1.11 bits per heavy atom. The molecule has 0 heterocycles. The molecule has 0 radical (unpaired) electrons. The molecular formula is C16H25NO2. The molecule has 0 aliphatic rings. The third-order valence-corrected chi connectivity index (χ3v) is 2.74. The van der Waals surface area contributed by atoms with Crippen LogP contribution in [0.5, 0.6) is 0 Å². The molecule has 1 aromatic rings. The van der Waals surface area contributed by atoms with Crippen molar-refractivity contribution in [1.82, 2.24) is 0 Å². The van der Waals surface area contributed by atoms with Crippen LogP contribution in [0.1, 0.15) is 52.7 Å². The second-order valence-electron chi connectivity index (χ2n) is 6.91. The smallest absolute Gasteiger partial charge is 0.412 e. The number of rotatable bonds is 1. The molecule has 0 fully saturated rings. The van der Waals surface area contributed by atoms with Crippen molar-refractivity contribution in [3.8, 4) is 0 Å². The maximum Gasteiger partial charge on any atom is 0.412 e. The Labute approximate surface area is 116 Å². The van der Waals surface area contributed by atoms with Gasteiger partial charge in [-0.05, 0) is 50.3 Å². The van der Waals surface area contributed by atoms with E-state index in [9.17, 15) is 4.79 Å². The second kappa shape index (κ2) is 5.24. The van der Waals surface area contributed by atoms with Gasteiger partial charge in [-0.2, -0.15) is 0 Å². The molecule has 19 heavy (non-hydrogen) atoms. The van der Waals surface area contributed by atoms with E-state index >= 15 is 0 Å². The van der Waals surface area contributed by atoms with E-state index < -0.39 is 11.7 Å². The molecule has 0 unspecified atom stereocenters. The SMILES string of the molecule is Cc1ccc(C(C)(C)C)cc1NC(=O)OC(C)(C)C. The van der Waals surface area contributed by atoms with Gasteiger partial charge in [0.15, 0.2) is 0 Å². The zero-order chi connectivity index (χ0) is 14.8. The van der Waals surface area contributed by atoms with Crippen LogP contribution in [0.25, 0.3) is 0 Å². The van der Waals surface area contributed by atoms with Crippen molar-refractivity contribution in [3.63, 3.8) is 0 Å². The number of hydrogen-bond donors (Lipinski definition) is 1. The van der Waals surface area contributed by atoms with E-state index in [1.807, 2.05) is 39.8 Å². The van der Waals surface area contributed by atoms with Gasteiger partial charge in [-0.3, -0.25) is 5.32 Å². The van der Waals surface area contributed by atoms with Crippen molar-refractivity contribution in [2.24, 2.45) is 0 Å². The lowest BCUT2D eigenvalue weighted by atomic mass is 9.86. The molecule has 3 nitrogen and oxygen atoms in total. The van der Waals surface area contributed by atoms with E-state index in [1.54, 1.807) is 0 Å². The molecule has 1 N–H and O–H groups in total. The molecule has 106 valence electrons. The van der Waals surface area contributed by atoms with Gasteiger partial charge in [0, 0.05) is 5.69 Å². The molecule has 0 aliphatic carbocycles. The Kier molecular flexibility index (Phi) is 4.28. The summed E-state index contributed by atoms with van der Waals surface area (Å²) in [6.45, 7) is 14.0. The van der Waals surface area contributed by atoms with E-state index in [-0.39, 0.29) is 5.41 Å². The van der Waals surface area contributed by atoms with Gasteiger partial charge in [-0.25, -0.2) is 4.79 Å².